The number of hydrogen-bond acceptors (Lipinski definition) is 5. The molecule has 1 amide bonds. The molecule has 0 atom stereocenters. The third-order valence-electron chi connectivity index (χ3n) is 4.28. The van der Waals surface area contributed by atoms with Crippen LogP contribution in [0.5, 0.6) is 5.88 Å². The first-order valence-electron chi connectivity index (χ1n) is 8.94. The van der Waals surface area contributed by atoms with Crippen LogP contribution in [-0.2, 0) is 6.54 Å². The zero-order valence-corrected chi connectivity index (χ0v) is 15.6. The van der Waals surface area contributed by atoms with Crippen LogP contribution in [0.25, 0.3) is 0 Å². The predicted octanol–water partition coefficient (Wildman–Crippen LogP) is 3.77. The lowest BCUT2D eigenvalue weighted by molar-refractivity contribution is 0.0724. The quantitative estimate of drug-likeness (QED) is 0.833. The lowest BCUT2D eigenvalue weighted by Gasteiger charge is -2.26. The van der Waals surface area contributed by atoms with E-state index in [-0.39, 0.29) is 5.91 Å². The van der Waals surface area contributed by atoms with Gasteiger partial charge in [0.25, 0.3) is 5.91 Å². The molecule has 7 heteroatoms. The largest absolute Gasteiger partial charge is 0.478 e. The molecular formula is C19H23ClN4O2. The molecule has 0 unspecified atom stereocenters. The highest BCUT2D eigenvalue weighted by Crippen LogP contribution is 2.23. The van der Waals surface area contributed by atoms with Gasteiger partial charge in [-0.05, 0) is 43.9 Å². The van der Waals surface area contributed by atoms with Gasteiger partial charge in [-0.25, -0.2) is 9.97 Å². The molecule has 0 radical (unpaired) electrons. The van der Waals surface area contributed by atoms with E-state index in [1.807, 2.05) is 24.0 Å². The molecular weight excluding hydrogens is 352 g/mol. The first-order valence-corrected chi connectivity index (χ1v) is 9.31. The van der Waals surface area contributed by atoms with Gasteiger partial charge in [-0.1, -0.05) is 11.6 Å². The number of carbonyl (C=O) groups is 1. The normalized spacial score (nSPS) is 14.2. The van der Waals surface area contributed by atoms with Gasteiger partial charge in [0.15, 0.2) is 0 Å². The molecule has 2 aromatic rings. The molecule has 1 aliphatic rings. The van der Waals surface area contributed by atoms with Crippen LogP contribution < -0.4 is 10.1 Å². The Labute approximate surface area is 158 Å². The van der Waals surface area contributed by atoms with Gasteiger partial charge in [0.1, 0.15) is 5.82 Å². The van der Waals surface area contributed by atoms with Crippen LogP contribution in [0.15, 0.2) is 30.6 Å². The SMILES string of the molecule is CCOc1cc(CNc2ncc(C(=O)N3CCCCC3)cc2Cl)ccn1. The van der Waals surface area contributed by atoms with Gasteiger partial charge in [-0.15, -0.1) is 0 Å². The first kappa shape index (κ1) is 18.5. The summed E-state index contributed by atoms with van der Waals surface area (Å²) in [5.74, 6) is 1.14. The number of ether oxygens (including phenoxy) is 1. The van der Waals surface area contributed by atoms with Gasteiger partial charge in [0.05, 0.1) is 17.2 Å². The standard InChI is InChI=1S/C19H23ClN4O2/c1-2-26-17-10-14(6-7-21-17)12-22-18-16(20)11-15(13-23-18)19(25)24-8-4-3-5-9-24/h6-7,10-11,13H,2-5,8-9,12H2,1H3,(H,22,23). The Morgan fingerprint density at radius 2 is 2.08 bits per heavy atom. The van der Waals surface area contributed by atoms with E-state index in [1.165, 1.54) is 6.42 Å². The molecule has 3 heterocycles. The van der Waals surface area contributed by atoms with Crippen molar-refractivity contribution in [2.45, 2.75) is 32.7 Å². The van der Waals surface area contributed by atoms with Crippen LogP contribution in [0.4, 0.5) is 5.82 Å². The second-order valence-corrected chi connectivity index (χ2v) is 6.60. The topological polar surface area (TPSA) is 67.3 Å². The van der Waals surface area contributed by atoms with Crippen LogP contribution in [0, 0.1) is 0 Å². The molecule has 6 nitrogen and oxygen atoms in total. The Hall–Kier alpha value is -2.34. The summed E-state index contributed by atoms with van der Waals surface area (Å²) in [6, 6.07) is 5.46. The van der Waals surface area contributed by atoms with E-state index < -0.39 is 0 Å². The van der Waals surface area contributed by atoms with Crippen molar-refractivity contribution in [2.75, 3.05) is 25.0 Å². The number of nitrogens with one attached hydrogen (secondary N) is 1. The highest BCUT2D eigenvalue weighted by Gasteiger charge is 2.19. The molecule has 2 aromatic heterocycles. The maximum absolute atomic E-state index is 12.5. The maximum Gasteiger partial charge on any atom is 0.255 e. The number of piperidine rings is 1. The van der Waals surface area contributed by atoms with E-state index in [0.717, 1.165) is 31.5 Å². The van der Waals surface area contributed by atoms with Crippen molar-refractivity contribution in [3.8, 4) is 5.88 Å². The summed E-state index contributed by atoms with van der Waals surface area (Å²) >= 11 is 6.33. The molecule has 1 saturated heterocycles. The molecule has 0 aromatic carbocycles. The highest BCUT2D eigenvalue weighted by atomic mass is 35.5. The van der Waals surface area contributed by atoms with E-state index in [0.29, 0.717) is 35.4 Å². The molecule has 1 N–H and O–H groups in total. The van der Waals surface area contributed by atoms with Crippen molar-refractivity contribution in [3.63, 3.8) is 0 Å². The third kappa shape index (κ3) is 4.64. The number of anilines is 1. The molecule has 138 valence electrons. The number of aromatic nitrogens is 2. The second kappa shape index (κ2) is 8.85. The Morgan fingerprint density at radius 3 is 2.81 bits per heavy atom. The molecule has 3 rings (SSSR count). The van der Waals surface area contributed by atoms with Crippen LogP contribution in [0.1, 0.15) is 42.1 Å². The Morgan fingerprint density at radius 1 is 1.27 bits per heavy atom. The minimum Gasteiger partial charge on any atom is -0.478 e. The number of likely N-dealkylation sites (tertiary alicyclic amines) is 1. The zero-order chi connectivity index (χ0) is 18.4. The van der Waals surface area contributed by atoms with Crippen molar-refractivity contribution in [1.29, 1.82) is 0 Å². The summed E-state index contributed by atoms with van der Waals surface area (Å²) in [5.41, 5.74) is 1.54. The zero-order valence-electron chi connectivity index (χ0n) is 14.9. The number of pyridine rings is 2. The van der Waals surface area contributed by atoms with Crippen molar-refractivity contribution >= 4 is 23.3 Å². The van der Waals surface area contributed by atoms with Gasteiger partial charge in [0, 0.05) is 38.1 Å². The Bertz CT molecular complexity index is 763. The minimum absolute atomic E-state index is 0.00106. The summed E-state index contributed by atoms with van der Waals surface area (Å²) in [7, 11) is 0. The fourth-order valence-electron chi connectivity index (χ4n) is 2.94. The van der Waals surface area contributed by atoms with Crippen LogP contribution >= 0.6 is 11.6 Å². The molecule has 26 heavy (non-hydrogen) atoms. The number of carbonyl (C=O) groups excluding carboxylic acids is 1. The van der Waals surface area contributed by atoms with Crippen molar-refractivity contribution in [3.05, 3.63) is 46.7 Å². The monoisotopic (exact) mass is 374 g/mol. The molecule has 0 bridgehead atoms. The van der Waals surface area contributed by atoms with Crippen LogP contribution in [-0.4, -0.2) is 40.5 Å². The van der Waals surface area contributed by atoms with Gasteiger partial charge >= 0.3 is 0 Å². The number of nitrogens with zero attached hydrogens (tertiary/aromatic N) is 3. The van der Waals surface area contributed by atoms with E-state index in [9.17, 15) is 4.79 Å². The number of amides is 1. The van der Waals surface area contributed by atoms with Gasteiger partial charge in [-0.2, -0.15) is 0 Å². The summed E-state index contributed by atoms with van der Waals surface area (Å²) in [6.45, 7) is 4.64. The molecule has 1 aliphatic heterocycles. The fraction of sp³-hybridized carbons (Fsp3) is 0.421. The van der Waals surface area contributed by atoms with E-state index in [2.05, 4.69) is 15.3 Å². The minimum atomic E-state index is 0.00106. The third-order valence-corrected chi connectivity index (χ3v) is 4.57. The number of halogens is 1. The lowest BCUT2D eigenvalue weighted by atomic mass is 10.1. The molecule has 0 saturated carbocycles. The summed E-state index contributed by atoms with van der Waals surface area (Å²) in [5, 5.41) is 3.63. The predicted molar refractivity (Wildman–Crippen MR) is 102 cm³/mol. The van der Waals surface area contributed by atoms with Gasteiger partial charge in [-0.3, -0.25) is 4.79 Å². The van der Waals surface area contributed by atoms with Gasteiger partial charge in [0.2, 0.25) is 5.88 Å². The summed E-state index contributed by atoms with van der Waals surface area (Å²) in [6.07, 6.45) is 6.59. The van der Waals surface area contributed by atoms with Crippen LogP contribution in [0.3, 0.4) is 0 Å². The van der Waals surface area contributed by atoms with Crippen molar-refractivity contribution < 1.29 is 9.53 Å². The molecule has 0 aliphatic carbocycles. The van der Waals surface area contributed by atoms with Crippen LogP contribution in [0.2, 0.25) is 5.02 Å². The summed E-state index contributed by atoms with van der Waals surface area (Å²) < 4.78 is 5.40. The molecule has 0 spiro atoms. The number of hydrogen-bond donors (Lipinski definition) is 1. The molecule has 1 fully saturated rings. The van der Waals surface area contributed by atoms with E-state index in [1.54, 1.807) is 18.5 Å². The van der Waals surface area contributed by atoms with E-state index in [4.69, 9.17) is 16.3 Å². The lowest BCUT2D eigenvalue weighted by Crippen LogP contribution is -2.35. The van der Waals surface area contributed by atoms with Gasteiger partial charge < -0.3 is 15.0 Å². The fourth-order valence-corrected chi connectivity index (χ4v) is 3.17. The van der Waals surface area contributed by atoms with Crippen molar-refractivity contribution in [2.24, 2.45) is 0 Å². The first-order chi connectivity index (χ1) is 12.7. The summed E-state index contributed by atoms with van der Waals surface area (Å²) in [4.78, 5) is 22.9. The Balaban J connectivity index is 1.64. The van der Waals surface area contributed by atoms with E-state index >= 15 is 0 Å². The van der Waals surface area contributed by atoms with Crippen molar-refractivity contribution in [1.82, 2.24) is 14.9 Å². The maximum atomic E-state index is 12.5. The average Bonchev–Trinajstić information content (AvgIpc) is 2.68. The average molecular weight is 375 g/mol. The smallest absolute Gasteiger partial charge is 0.255 e. The Kier molecular flexibility index (Phi) is 6.28. The highest BCUT2D eigenvalue weighted by molar-refractivity contribution is 6.33. The number of rotatable bonds is 6. The second-order valence-electron chi connectivity index (χ2n) is 6.20.